The molecule has 2 aromatic heterocycles. The number of ether oxygens (including phenoxy) is 1. The van der Waals surface area contributed by atoms with Crippen LogP contribution in [0.5, 0.6) is 0 Å². The Kier molecular flexibility index (Phi) is 3.14. The van der Waals surface area contributed by atoms with Gasteiger partial charge in [0, 0.05) is 21.4 Å². The van der Waals surface area contributed by atoms with Crippen molar-refractivity contribution in [1.29, 1.82) is 0 Å². The second-order valence-corrected chi connectivity index (χ2v) is 5.08. The van der Waals surface area contributed by atoms with E-state index in [-0.39, 0.29) is 5.97 Å². The molecule has 0 aromatic carbocycles. The van der Waals surface area contributed by atoms with E-state index >= 15 is 0 Å². The zero-order valence-corrected chi connectivity index (χ0v) is 12.0. The van der Waals surface area contributed by atoms with E-state index in [2.05, 4.69) is 55.2 Å². The fourth-order valence-corrected chi connectivity index (χ4v) is 3.13. The summed E-state index contributed by atoms with van der Waals surface area (Å²) >= 11 is 4.36. The molecule has 0 amide bonds. The Bertz CT molecular complexity index is 536. The maximum absolute atomic E-state index is 11.3. The summed E-state index contributed by atoms with van der Waals surface area (Å²) in [4.78, 5) is 15.5. The third kappa shape index (κ3) is 1.96. The fraction of sp³-hybridized carbons (Fsp3) is 0.111. The van der Waals surface area contributed by atoms with Gasteiger partial charge < -0.3 is 4.74 Å². The Balaban J connectivity index is 2.65. The van der Waals surface area contributed by atoms with Crippen LogP contribution in [0.2, 0.25) is 0 Å². The summed E-state index contributed by atoms with van der Waals surface area (Å²) in [5.74, 6) is -0.360. The summed E-state index contributed by atoms with van der Waals surface area (Å²) in [7, 11) is 1.36. The molecule has 2 heterocycles. The quantitative estimate of drug-likeness (QED) is 0.519. The molecule has 0 unspecified atom stereocenters. The summed E-state index contributed by atoms with van der Waals surface area (Å²) in [6.07, 6.45) is 3.49. The second kappa shape index (κ2) is 4.24. The van der Waals surface area contributed by atoms with Gasteiger partial charge in [-0.2, -0.15) is 0 Å². The average Bonchev–Trinajstić information content (AvgIpc) is 2.53. The molecule has 0 saturated carbocycles. The monoisotopic (exact) mass is 428 g/mol. The van der Waals surface area contributed by atoms with E-state index in [1.807, 2.05) is 8.98 Å². The fourth-order valence-electron chi connectivity index (χ4n) is 1.26. The molecule has 0 spiro atoms. The SMILES string of the molecule is COC(=O)c1cnc2c(c1)c(I)cn2I. The van der Waals surface area contributed by atoms with Gasteiger partial charge in [-0.05, 0) is 28.7 Å². The van der Waals surface area contributed by atoms with Crippen molar-refractivity contribution in [2.45, 2.75) is 0 Å². The van der Waals surface area contributed by atoms with Crippen molar-refractivity contribution in [1.82, 2.24) is 7.76 Å². The van der Waals surface area contributed by atoms with Crippen LogP contribution in [0, 0.1) is 3.57 Å². The molecule has 0 aliphatic heterocycles. The zero-order valence-electron chi connectivity index (χ0n) is 7.70. The lowest BCUT2D eigenvalue weighted by Gasteiger charge is -1.99. The summed E-state index contributed by atoms with van der Waals surface area (Å²) in [5.41, 5.74) is 1.33. The topological polar surface area (TPSA) is 44.1 Å². The van der Waals surface area contributed by atoms with Crippen LogP contribution in [0.3, 0.4) is 0 Å². The third-order valence-electron chi connectivity index (χ3n) is 1.97. The van der Waals surface area contributed by atoms with Gasteiger partial charge >= 0.3 is 5.97 Å². The number of pyridine rings is 1. The number of rotatable bonds is 1. The summed E-state index contributed by atoms with van der Waals surface area (Å²) < 4.78 is 7.61. The van der Waals surface area contributed by atoms with E-state index in [9.17, 15) is 4.79 Å². The molecule has 2 aromatic rings. The molecule has 0 N–H and O–H groups in total. The Labute approximate surface area is 114 Å². The van der Waals surface area contributed by atoms with Crippen LogP contribution in [-0.4, -0.2) is 20.8 Å². The van der Waals surface area contributed by atoms with E-state index < -0.39 is 0 Å². The van der Waals surface area contributed by atoms with Crippen molar-refractivity contribution in [2.75, 3.05) is 7.11 Å². The first-order valence-electron chi connectivity index (χ1n) is 4.04. The summed E-state index contributed by atoms with van der Waals surface area (Å²) in [6, 6.07) is 1.80. The number of esters is 1. The Hall–Kier alpha value is -0.380. The van der Waals surface area contributed by atoms with Crippen LogP contribution in [-0.2, 0) is 4.74 Å². The number of fused-ring (bicyclic) bond motifs is 1. The van der Waals surface area contributed by atoms with Gasteiger partial charge in [0.15, 0.2) is 0 Å². The van der Waals surface area contributed by atoms with Crippen LogP contribution in [0.1, 0.15) is 10.4 Å². The molecule has 0 aliphatic rings. The number of hydrogen-bond donors (Lipinski definition) is 0. The average molecular weight is 428 g/mol. The maximum Gasteiger partial charge on any atom is 0.339 e. The lowest BCUT2D eigenvalue weighted by atomic mass is 10.2. The highest BCUT2D eigenvalue weighted by atomic mass is 127. The molecule has 0 saturated heterocycles. The number of methoxy groups -OCH3 is 1. The highest BCUT2D eigenvalue weighted by Crippen LogP contribution is 2.24. The molecule has 0 fully saturated rings. The minimum Gasteiger partial charge on any atom is -0.465 e. The number of aromatic nitrogens is 2. The van der Waals surface area contributed by atoms with E-state index in [4.69, 9.17) is 0 Å². The molecular weight excluding hydrogens is 422 g/mol. The number of hydrogen-bond acceptors (Lipinski definition) is 3. The number of halogens is 2. The van der Waals surface area contributed by atoms with Crippen molar-refractivity contribution < 1.29 is 9.53 Å². The van der Waals surface area contributed by atoms with E-state index in [1.165, 1.54) is 13.3 Å². The van der Waals surface area contributed by atoms with Gasteiger partial charge in [-0.3, -0.25) is 2.78 Å². The second-order valence-electron chi connectivity index (χ2n) is 2.87. The van der Waals surface area contributed by atoms with Crippen LogP contribution in [0.15, 0.2) is 18.5 Å². The largest absolute Gasteiger partial charge is 0.465 e. The molecule has 15 heavy (non-hydrogen) atoms. The van der Waals surface area contributed by atoms with Crippen molar-refractivity contribution >= 4 is 62.5 Å². The number of carbonyl (C=O) groups is 1. The minimum atomic E-state index is -0.360. The normalized spacial score (nSPS) is 10.6. The van der Waals surface area contributed by atoms with Crippen molar-refractivity contribution in [3.8, 4) is 0 Å². The summed E-state index contributed by atoms with van der Waals surface area (Å²) in [5, 5.41) is 0.966. The molecule has 0 aliphatic carbocycles. The highest BCUT2D eigenvalue weighted by molar-refractivity contribution is 14.1. The predicted molar refractivity (Wildman–Crippen MR) is 73.2 cm³/mol. The standard InChI is InChI=1S/C9H6I2N2O2/c1-15-9(14)5-2-6-7(10)4-13(11)8(6)12-3-5/h2-4H,1H3. The van der Waals surface area contributed by atoms with Gasteiger partial charge in [0.2, 0.25) is 0 Å². The molecule has 0 radical (unpaired) electrons. The van der Waals surface area contributed by atoms with Gasteiger partial charge in [0.25, 0.3) is 0 Å². The van der Waals surface area contributed by atoms with Gasteiger partial charge in [-0.25, -0.2) is 9.78 Å². The van der Waals surface area contributed by atoms with Gasteiger partial charge in [-0.15, -0.1) is 0 Å². The van der Waals surface area contributed by atoms with Crippen molar-refractivity contribution in [2.24, 2.45) is 0 Å². The van der Waals surface area contributed by atoms with Crippen LogP contribution in [0.25, 0.3) is 11.0 Å². The smallest absolute Gasteiger partial charge is 0.339 e. The first-order chi connectivity index (χ1) is 7.13. The number of nitrogens with zero attached hydrogens (tertiary/aromatic N) is 2. The molecule has 4 nitrogen and oxygen atoms in total. The Morgan fingerprint density at radius 1 is 1.60 bits per heavy atom. The molecule has 78 valence electrons. The zero-order chi connectivity index (χ0) is 11.0. The van der Waals surface area contributed by atoms with Crippen molar-refractivity contribution in [3.63, 3.8) is 0 Å². The minimum absolute atomic E-state index is 0.360. The molecule has 6 heteroatoms. The molecular formula is C9H6I2N2O2. The van der Waals surface area contributed by atoms with E-state index in [0.717, 1.165) is 14.6 Å². The van der Waals surface area contributed by atoms with Crippen LogP contribution in [0.4, 0.5) is 0 Å². The molecule has 0 atom stereocenters. The van der Waals surface area contributed by atoms with E-state index in [1.54, 1.807) is 6.07 Å². The van der Waals surface area contributed by atoms with E-state index in [0.29, 0.717) is 5.56 Å². The highest BCUT2D eigenvalue weighted by Gasteiger charge is 2.11. The first kappa shape index (κ1) is 11.1. The predicted octanol–water partition coefficient (Wildman–Crippen LogP) is 2.63. The lowest BCUT2D eigenvalue weighted by molar-refractivity contribution is 0.0600. The van der Waals surface area contributed by atoms with Gasteiger partial charge in [0.1, 0.15) is 5.65 Å². The summed E-state index contributed by atoms with van der Waals surface area (Å²) in [6.45, 7) is 0. The van der Waals surface area contributed by atoms with Gasteiger partial charge in [0.05, 0.1) is 35.5 Å². The van der Waals surface area contributed by atoms with Crippen LogP contribution >= 0.6 is 45.5 Å². The maximum atomic E-state index is 11.3. The Morgan fingerprint density at radius 2 is 2.33 bits per heavy atom. The molecule has 0 bridgehead atoms. The van der Waals surface area contributed by atoms with Gasteiger partial charge in [-0.1, -0.05) is 0 Å². The van der Waals surface area contributed by atoms with Crippen LogP contribution < -0.4 is 0 Å². The van der Waals surface area contributed by atoms with Crippen molar-refractivity contribution in [3.05, 3.63) is 27.6 Å². The number of carbonyl (C=O) groups excluding carboxylic acids is 1. The molecule has 2 rings (SSSR count). The third-order valence-corrected chi connectivity index (χ3v) is 3.57. The first-order valence-corrected chi connectivity index (χ1v) is 6.09. The Morgan fingerprint density at radius 3 is 3.00 bits per heavy atom. The lowest BCUT2D eigenvalue weighted by Crippen LogP contribution is -2.01.